The molecule has 0 aromatic heterocycles. The van der Waals surface area contributed by atoms with Crippen LogP contribution in [0.15, 0.2) is 24.8 Å². The average Bonchev–Trinajstić information content (AvgIpc) is 1.89. The summed E-state index contributed by atoms with van der Waals surface area (Å²) in [6.07, 6.45) is 4.14. The highest BCUT2D eigenvalue weighted by Crippen LogP contribution is 2.17. The third kappa shape index (κ3) is 1.42. The molecule has 1 saturated heterocycles. The van der Waals surface area contributed by atoms with E-state index in [2.05, 4.69) is 13.2 Å². The van der Waals surface area contributed by atoms with E-state index in [1.54, 1.807) is 0 Å². The zero-order valence-electron chi connectivity index (χ0n) is 5.60. The van der Waals surface area contributed by atoms with Gasteiger partial charge >= 0.3 is 0 Å². The minimum Gasteiger partial charge on any atom is -0.370 e. The van der Waals surface area contributed by atoms with Gasteiger partial charge in [0, 0.05) is 6.61 Å². The summed E-state index contributed by atoms with van der Waals surface area (Å²) in [6.45, 7) is 8.38. The van der Waals surface area contributed by atoms with E-state index >= 15 is 0 Å². The Morgan fingerprint density at radius 3 is 2.89 bits per heavy atom. The average molecular weight is 124 g/mol. The van der Waals surface area contributed by atoms with Crippen molar-refractivity contribution in [3.63, 3.8) is 0 Å². The predicted molar refractivity (Wildman–Crippen MR) is 38.3 cm³/mol. The first kappa shape index (κ1) is 6.56. The molecule has 50 valence electrons. The normalized spacial score (nSPS) is 28.0. The molecule has 1 nitrogen and oxygen atoms in total. The lowest BCUT2D eigenvalue weighted by Crippen LogP contribution is -2.18. The monoisotopic (exact) mass is 124 g/mol. The fourth-order valence-corrected chi connectivity index (χ4v) is 1.00. The second-order valence-corrected chi connectivity index (χ2v) is 2.29. The number of hydrogen-bond donors (Lipinski definition) is 0. The lowest BCUT2D eigenvalue weighted by Gasteiger charge is -2.21. The van der Waals surface area contributed by atoms with Gasteiger partial charge in [0.2, 0.25) is 0 Å². The van der Waals surface area contributed by atoms with Gasteiger partial charge in [-0.25, -0.2) is 0 Å². The molecule has 1 heterocycles. The van der Waals surface area contributed by atoms with Crippen molar-refractivity contribution in [3.05, 3.63) is 24.8 Å². The van der Waals surface area contributed by atoms with E-state index in [0.717, 1.165) is 25.0 Å². The minimum absolute atomic E-state index is 0.124. The summed E-state index contributed by atoms with van der Waals surface area (Å²) < 4.78 is 5.32. The molecule has 1 rings (SSSR count). The Hall–Kier alpha value is -0.560. The Morgan fingerprint density at radius 1 is 1.67 bits per heavy atom. The summed E-state index contributed by atoms with van der Waals surface area (Å²) in [5.74, 6) is 0. The zero-order valence-corrected chi connectivity index (χ0v) is 5.60. The van der Waals surface area contributed by atoms with Gasteiger partial charge < -0.3 is 4.74 Å². The molecule has 0 N–H and O–H groups in total. The van der Waals surface area contributed by atoms with Crippen molar-refractivity contribution < 1.29 is 4.74 Å². The molecular weight excluding hydrogens is 112 g/mol. The summed E-state index contributed by atoms with van der Waals surface area (Å²) in [5.41, 5.74) is 1.16. The Bertz CT molecular complexity index is 127. The predicted octanol–water partition coefficient (Wildman–Crippen LogP) is 1.91. The first-order valence-electron chi connectivity index (χ1n) is 3.26. The molecule has 0 aliphatic carbocycles. The number of ether oxygens (including phenoxy) is 1. The highest BCUT2D eigenvalue weighted by molar-refractivity contribution is 5.11. The summed E-state index contributed by atoms with van der Waals surface area (Å²) in [7, 11) is 0. The van der Waals surface area contributed by atoms with Crippen molar-refractivity contribution >= 4 is 0 Å². The van der Waals surface area contributed by atoms with Crippen LogP contribution < -0.4 is 0 Å². The van der Waals surface area contributed by atoms with Gasteiger partial charge in [-0.15, -0.1) is 6.58 Å². The summed E-state index contributed by atoms with van der Waals surface area (Å²) in [6, 6.07) is 0. The lowest BCUT2D eigenvalue weighted by molar-refractivity contribution is 0.0830. The van der Waals surface area contributed by atoms with Gasteiger partial charge in [0.1, 0.15) is 0 Å². The first-order valence-corrected chi connectivity index (χ1v) is 3.26. The molecule has 9 heavy (non-hydrogen) atoms. The van der Waals surface area contributed by atoms with Gasteiger partial charge in [-0.05, 0) is 18.4 Å². The number of rotatable bonds is 1. The molecule has 1 fully saturated rings. The molecule has 0 saturated carbocycles. The maximum absolute atomic E-state index is 5.32. The van der Waals surface area contributed by atoms with Crippen LogP contribution in [0.5, 0.6) is 0 Å². The fourth-order valence-electron chi connectivity index (χ4n) is 1.00. The second kappa shape index (κ2) is 2.83. The topological polar surface area (TPSA) is 9.23 Å². The van der Waals surface area contributed by atoms with Gasteiger partial charge in [-0.1, -0.05) is 12.7 Å². The SMILES string of the molecule is C=CC1OCCCC1=C. The Labute approximate surface area is 56.0 Å². The van der Waals surface area contributed by atoms with E-state index < -0.39 is 0 Å². The third-order valence-electron chi connectivity index (χ3n) is 1.56. The largest absolute Gasteiger partial charge is 0.370 e. The van der Waals surface area contributed by atoms with Gasteiger partial charge in [0.25, 0.3) is 0 Å². The van der Waals surface area contributed by atoms with Crippen LogP contribution in [0, 0.1) is 0 Å². The van der Waals surface area contributed by atoms with E-state index in [1.165, 1.54) is 0 Å². The molecule has 0 amide bonds. The van der Waals surface area contributed by atoms with E-state index in [4.69, 9.17) is 4.74 Å². The molecule has 1 atom stereocenters. The molecule has 1 aliphatic rings. The standard InChI is InChI=1S/C8H12O/c1-3-8-7(2)5-4-6-9-8/h3,8H,1-2,4-6H2. The van der Waals surface area contributed by atoms with Crippen LogP contribution >= 0.6 is 0 Å². The van der Waals surface area contributed by atoms with Crippen molar-refractivity contribution in [2.24, 2.45) is 0 Å². The van der Waals surface area contributed by atoms with Crippen LogP contribution in [0.2, 0.25) is 0 Å². The van der Waals surface area contributed by atoms with Crippen LogP contribution in [0.3, 0.4) is 0 Å². The van der Waals surface area contributed by atoms with E-state index in [0.29, 0.717) is 0 Å². The molecule has 1 unspecified atom stereocenters. The van der Waals surface area contributed by atoms with Gasteiger partial charge in [0.05, 0.1) is 6.10 Å². The molecule has 0 aromatic rings. The highest BCUT2D eigenvalue weighted by Gasteiger charge is 2.12. The van der Waals surface area contributed by atoms with Gasteiger partial charge in [0.15, 0.2) is 0 Å². The van der Waals surface area contributed by atoms with Crippen LogP contribution in [0.1, 0.15) is 12.8 Å². The molecule has 1 aliphatic heterocycles. The Morgan fingerprint density at radius 2 is 2.44 bits per heavy atom. The van der Waals surface area contributed by atoms with E-state index in [9.17, 15) is 0 Å². The molecule has 0 spiro atoms. The first-order chi connectivity index (χ1) is 4.34. The molecular formula is C8H12O. The third-order valence-corrected chi connectivity index (χ3v) is 1.56. The van der Waals surface area contributed by atoms with Crippen molar-refractivity contribution in [2.75, 3.05) is 6.61 Å². The second-order valence-electron chi connectivity index (χ2n) is 2.29. The van der Waals surface area contributed by atoms with Gasteiger partial charge in [-0.2, -0.15) is 0 Å². The summed E-state index contributed by atoms with van der Waals surface area (Å²) >= 11 is 0. The quantitative estimate of drug-likeness (QED) is 0.485. The Kier molecular flexibility index (Phi) is 2.06. The molecule has 0 bridgehead atoms. The zero-order chi connectivity index (χ0) is 6.69. The minimum atomic E-state index is 0.124. The van der Waals surface area contributed by atoms with Crippen molar-refractivity contribution in [3.8, 4) is 0 Å². The van der Waals surface area contributed by atoms with Crippen molar-refractivity contribution in [1.82, 2.24) is 0 Å². The van der Waals surface area contributed by atoms with E-state index in [-0.39, 0.29) is 6.10 Å². The molecule has 0 radical (unpaired) electrons. The smallest absolute Gasteiger partial charge is 0.0961 e. The lowest BCUT2D eigenvalue weighted by atomic mass is 10.0. The Balaban J connectivity index is 2.48. The highest BCUT2D eigenvalue weighted by atomic mass is 16.5. The maximum atomic E-state index is 5.32. The van der Waals surface area contributed by atoms with Gasteiger partial charge in [-0.3, -0.25) is 0 Å². The summed E-state index contributed by atoms with van der Waals surface area (Å²) in [5, 5.41) is 0. The van der Waals surface area contributed by atoms with Crippen LogP contribution in [0.4, 0.5) is 0 Å². The van der Waals surface area contributed by atoms with Crippen molar-refractivity contribution in [2.45, 2.75) is 18.9 Å². The van der Waals surface area contributed by atoms with Crippen molar-refractivity contribution in [1.29, 1.82) is 0 Å². The van der Waals surface area contributed by atoms with Crippen LogP contribution in [-0.2, 0) is 4.74 Å². The fraction of sp³-hybridized carbons (Fsp3) is 0.500. The van der Waals surface area contributed by atoms with Crippen LogP contribution in [0.25, 0.3) is 0 Å². The molecule has 1 heteroatoms. The van der Waals surface area contributed by atoms with E-state index in [1.807, 2.05) is 6.08 Å². The maximum Gasteiger partial charge on any atom is 0.0961 e. The molecule has 0 aromatic carbocycles. The summed E-state index contributed by atoms with van der Waals surface area (Å²) in [4.78, 5) is 0. The van der Waals surface area contributed by atoms with Crippen LogP contribution in [-0.4, -0.2) is 12.7 Å². The number of hydrogen-bond acceptors (Lipinski definition) is 1.